The van der Waals surface area contributed by atoms with Crippen LogP contribution in [0, 0.1) is 20.2 Å². The molecule has 4 amide bonds. The van der Waals surface area contributed by atoms with E-state index < -0.39 is 136 Å². The van der Waals surface area contributed by atoms with Gasteiger partial charge < -0.3 is 68.6 Å². The highest BCUT2D eigenvalue weighted by molar-refractivity contribution is 5.91. The van der Waals surface area contributed by atoms with Crippen molar-refractivity contribution in [2.45, 2.75) is 142 Å². The molecule has 0 aliphatic heterocycles. The summed E-state index contributed by atoms with van der Waals surface area (Å²) in [5.74, 6) is -4.41. The summed E-state index contributed by atoms with van der Waals surface area (Å²) in [5, 5.41) is 33.4. The van der Waals surface area contributed by atoms with Crippen molar-refractivity contribution in [2.75, 3.05) is 66.1 Å². The summed E-state index contributed by atoms with van der Waals surface area (Å²) in [7, 11) is 0. The Bertz CT molecular complexity index is 4600. The highest BCUT2D eigenvalue weighted by Gasteiger charge is 2.34. The zero-order chi connectivity index (χ0) is 88.9. The van der Waals surface area contributed by atoms with Crippen LogP contribution < -0.4 is 21.3 Å². The van der Waals surface area contributed by atoms with Crippen LogP contribution in [0.25, 0.3) is 0 Å². The summed E-state index contributed by atoms with van der Waals surface area (Å²) < 4.78 is 53.9. The molecule has 0 saturated carbocycles. The fraction of sp³-hybridized carbons (Fsp3) is 0.372. The number of nitro benzene ring substituents is 2. The van der Waals surface area contributed by atoms with E-state index in [0.29, 0.717) is 33.4 Å². The van der Waals surface area contributed by atoms with Crippen LogP contribution in [-0.4, -0.2) is 161 Å². The van der Waals surface area contributed by atoms with Gasteiger partial charge in [-0.05, 0) is 129 Å². The number of ether oxygens (including phenoxy) is 10. The van der Waals surface area contributed by atoms with Crippen LogP contribution in [0.2, 0.25) is 0 Å². The minimum Gasteiger partial charge on any atom is -0.461 e. The summed E-state index contributed by atoms with van der Waals surface area (Å²) in [4.78, 5) is 169. The lowest BCUT2D eigenvalue weighted by atomic mass is 9.87. The van der Waals surface area contributed by atoms with Gasteiger partial charge in [-0.1, -0.05) is 159 Å². The molecule has 6 aromatic rings. The minimum absolute atomic E-state index is 0.00201. The molecule has 6 aromatic carbocycles. The number of hydrogen-bond donors (Lipinski definition) is 4. The van der Waals surface area contributed by atoms with Gasteiger partial charge in [0.05, 0.1) is 56.0 Å². The monoisotopic (exact) mass is 1670 g/mol. The summed E-state index contributed by atoms with van der Waals surface area (Å²) in [6.07, 6.45) is -8.22. The van der Waals surface area contributed by atoms with Gasteiger partial charge in [-0.2, -0.15) is 0 Å². The molecule has 0 radical (unpaired) electrons. The second-order valence-electron chi connectivity index (χ2n) is 29.5. The van der Waals surface area contributed by atoms with Gasteiger partial charge in [-0.3, -0.25) is 29.8 Å². The topological polar surface area (TPSA) is 434 Å². The number of nitrogens with one attached hydrogen (secondary N) is 4. The molecule has 0 aliphatic carbocycles. The number of nitrogens with zero attached hydrogens (tertiary/aromatic N) is 2. The van der Waals surface area contributed by atoms with Gasteiger partial charge in [0.25, 0.3) is 11.4 Å². The van der Waals surface area contributed by atoms with Crippen LogP contribution in [0.3, 0.4) is 0 Å². The van der Waals surface area contributed by atoms with Crippen molar-refractivity contribution in [1.82, 2.24) is 21.3 Å². The number of rotatable bonds is 44. The fourth-order valence-corrected chi connectivity index (χ4v) is 10.2. The van der Waals surface area contributed by atoms with Crippen LogP contribution >= 0.6 is 0 Å². The van der Waals surface area contributed by atoms with E-state index in [4.69, 9.17) is 66.9 Å². The van der Waals surface area contributed by atoms with E-state index in [0.717, 1.165) is 23.3 Å². The van der Waals surface area contributed by atoms with Crippen molar-refractivity contribution in [1.29, 1.82) is 0 Å². The van der Waals surface area contributed by atoms with Crippen LogP contribution in [-0.2, 0) is 121 Å². The minimum atomic E-state index is -1.31. The van der Waals surface area contributed by atoms with Crippen LogP contribution in [0.4, 0.5) is 30.6 Å². The molecule has 4 unspecified atom stereocenters. The fourth-order valence-electron chi connectivity index (χ4n) is 10.2. The summed E-state index contributed by atoms with van der Waals surface area (Å²) >= 11 is 0. The predicted octanol–water partition coefficient (Wildman–Crippen LogP) is 13.1. The van der Waals surface area contributed by atoms with Gasteiger partial charge in [0.1, 0.15) is 66.1 Å². The molecular weight excluding hydrogens is 1560 g/mol. The van der Waals surface area contributed by atoms with Gasteiger partial charge in [0, 0.05) is 35.4 Å². The average Bonchev–Trinajstić information content (AvgIpc) is 0.805. The Morgan fingerprint density at radius 1 is 0.350 bits per heavy atom. The lowest BCUT2D eigenvalue weighted by molar-refractivity contribution is -0.385. The van der Waals surface area contributed by atoms with E-state index in [1.807, 2.05) is 24.3 Å². The Labute approximate surface area is 694 Å². The third kappa shape index (κ3) is 35.3. The number of non-ortho nitro benzene ring substituents is 2. The van der Waals surface area contributed by atoms with Gasteiger partial charge in [-0.15, -0.1) is 0 Å². The Balaban J connectivity index is 0.000000428. The van der Waals surface area contributed by atoms with Gasteiger partial charge in [0.2, 0.25) is 0 Å². The molecular formula is C86H102N6O28. The molecule has 0 saturated heterocycles. The molecule has 34 heteroatoms. The third-order valence-corrected chi connectivity index (χ3v) is 16.8. The number of nitro groups is 2. The zero-order valence-corrected chi connectivity index (χ0v) is 69.0. The number of amides is 4. The number of carbonyl (C=O) groups excluding carboxylic acids is 10. The average molecular weight is 1670 g/mol. The first-order valence-corrected chi connectivity index (χ1v) is 37.3. The van der Waals surface area contributed by atoms with Gasteiger partial charge >= 0.3 is 60.2 Å². The molecule has 644 valence electrons. The van der Waals surface area contributed by atoms with Crippen LogP contribution in [0.1, 0.15) is 137 Å². The number of hydrogen-bond acceptors (Lipinski definition) is 28. The molecule has 0 bridgehead atoms. The molecule has 6 rings (SSSR count). The Hall–Kier alpha value is -13.2. The molecule has 4 atom stereocenters. The van der Waals surface area contributed by atoms with Crippen molar-refractivity contribution in [2.24, 2.45) is 0 Å². The standard InChI is InChI=1S/C44H54N2O12.C42H48N4O16/c1-30(2)25-55-56-29-37(27-53-39(48)23-33-18-13-10-14-19-33)58-42(51)46-44(7,8)35-21-15-20-34(24-35)43(5,6)45-41(50)57-36(28-54-40(49)31(3)4)26-52-38(47)22-32-16-11-9-12-17-32;1-26(2)21-59-60-25-35(24-58-38(49)29-13-10-17-33(19-29)46(54)55)62-40(51)44-42(7,8)31-15-11-14-30(20-31)41(5,6)43-39(50)61-34(22-56-36(47)27(3)4)23-57-37(48)28-12-9-16-32(18-28)45(52)53/h9-21,24,36-37H,1,3,22-23,25-29H2,2,4-8H3,(H,45,50)(H,46,51);9-20,34-35H,1,3,21-25H2,2,4-8H3,(H,43,50)(H,44,51). The summed E-state index contributed by atoms with van der Waals surface area (Å²) in [5.41, 5.74) is 0.310. The maximum absolute atomic E-state index is 13.3. The van der Waals surface area contributed by atoms with E-state index in [-0.39, 0.29) is 92.7 Å². The van der Waals surface area contributed by atoms with E-state index in [1.165, 1.54) is 50.2 Å². The van der Waals surface area contributed by atoms with Gasteiger partial charge in [-0.25, -0.2) is 57.9 Å². The highest BCUT2D eigenvalue weighted by Crippen LogP contribution is 2.30. The Kier molecular flexibility index (Phi) is 38.4. The van der Waals surface area contributed by atoms with Crippen molar-refractivity contribution >= 4 is 71.6 Å². The van der Waals surface area contributed by atoms with Crippen molar-refractivity contribution < 1.29 is 125 Å². The first-order valence-electron chi connectivity index (χ1n) is 37.3. The Morgan fingerprint density at radius 3 is 0.908 bits per heavy atom. The maximum atomic E-state index is 13.3. The lowest BCUT2D eigenvalue weighted by Crippen LogP contribution is -2.45. The first kappa shape index (κ1) is 97.4. The molecule has 120 heavy (non-hydrogen) atoms. The van der Waals surface area contributed by atoms with E-state index >= 15 is 0 Å². The molecule has 0 heterocycles. The molecule has 0 fully saturated rings. The number of esters is 6. The summed E-state index contributed by atoms with van der Waals surface area (Å²) in [6.45, 7) is 31.5. The number of alkyl carbamates (subject to hydrolysis) is 4. The van der Waals surface area contributed by atoms with E-state index in [1.54, 1.807) is 154 Å². The van der Waals surface area contributed by atoms with Gasteiger partial charge in [0.15, 0.2) is 24.4 Å². The Morgan fingerprint density at radius 2 is 0.625 bits per heavy atom. The molecule has 34 nitrogen and oxygen atoms in total. The SMILES string of the molecule is C=C(C)COOCC(COC(=O)Cc1ccccc1)OC(=O)NC(C)(C)c1cccc(C(C)(C)NC(=O)OC(COC(=O)Cc2ccccc2)COC(=O)C(=C)C)c1.C=C(C)COOCC(COC(=O)c1cccc([N+](=O)[O-])c1)OC(=O)NC(C)(C)c1cccc(C(C)(C)NC(=O)OC(COC(=O)C(=C)C)COC(=O)c2cccc([N+](=O)[O-])c2)c1. The van der Waals surface area contributed by atoms with Crippen LogP contribution in [0.15, 0.2) is 206 Å². The molecule has 4 N–H and O–H groups in total. The normalized spacial score (nSPS) is 12.2. The smallest absolute Gasteiger partial charge is 0.408 e. The number of benzene rings is 6. The third-order valence-electron chi connectivity index (χ3n) is 16.8. The summed E-state index contributed by atoms with van der Waals surface area (Å²) in [6, 6.07) is 41.7. The van der Waals surface area contributed by atoms with Crippen molar-refractivity contribution in [3.63, 3.8) is 0 Å². The quantitative estimate of drug-likeness (QED) is 0.00403. The van der Waals surface area contributed by atoms with Crippen LogP contribution in [0.5, 0.6) is 0 Å². The second-order valence-corrected chi connectivity index (χ2v) is 29.5. The van der Waals surface area contributed by atoms with Crippen molar-refractivity contribution in [3.8, 4) is 0 Å². The lowest BCUT2D eigenvalue weighted by Gasteiger charge is -2.31. The van der Waals surface area contributed by atoms with Crippen molar-refractivity contribution in [3.05, 3.63) is 271 Å². The molecule has 0 aromatic heterocycles. The first-order chi connectivity index (χ1) is 56.5. The van der Waals surface area contributed by atoms with E-state index in [2.05, 4.69) is 47.6 Å². The zero-order valence-electron chi connectivity index (χ0n) is 69.0. The number of carbonyl (C=O) groups is 10. The molecule has 0 spiro atoms. The highest BCUT2D eigenvalue weighted by atomic mass is 17.2. The second kappa shape index (κ2) is 47.3. The maximum Gasteiger partial charge on any atom is 0.408 e. The largest absolute Gasteiger partial charge is 0.461 e. The predicted molar refractivity (Wildman–Crippen MR) is 433 cm³/mol. The molecule has 0 aliphatic rings. The van der Waals surface area contributed by atoms with E-state index in [9.17, 15) is 68.2 Å².